The lowest BCUT2D eigenvalue weighted by atomic mass is 10.0. The molecule has 1 aromatic rings. The van der Waals surface area contributed by atoms with Gasteiger partial charge in [-0.25, -0.2) is 0 Å². The Balaban J connectivity index is 2.13. The summed E-state index contributed by atoms with van der Waals surface area (Å²) in [5, 5.41) is 10.9. The summed E-state index contributed by atoms with van der Waals surface area (Å²) in [7, 11) is 0. The van der Waals surface area contributed by atoms with Crippen LogP contribution in [0.2, 0.25) is 0 Å². The quantitative estimate of drug-likeness (QED) is 0.508. The molecule has 1 unspecified atom stereocenters. The van der Waals surface area contributed by atoms with Gasteiger partial charge in [0.05, 0.1) is 4.92 Å². The molecule has 1 atom stereocenters. The number of nitro benzene ring substituents is 1. The third kappa shape index (κ3) is 2.89. The summed E-state index contributed by atoms with van der Waals surface area (Å²) < 4.78 is 0. The number of hydrogen-bond donors (Lipinski definition) is 1. The van der Waals surface area contributed by atoms with Crippen LogP contribution in [0.3, 0.4) is 0 Å². The molecule has 20 heavy (non-hydrogen) atoms. The van der Waals surface area contributed by atoms with Crippen LogP contribution in [-0.4, -0.2) is 22.3 Å². The molecule has 6 heteroatoms. The van der Waals surface area contributed by atoms with E-state index >= 15 is 0 Å². The van der Waals surface area contributed by atoms with Crippen molar-refractivity contribution in [2.75, 3.05) is 12.3 Å². The van der Waals surface area contributed by atoms with E-state index in [0.717, 1.165) is 19.4 Å². The summed E-state index contributed by atoms with van der Waals surface area (Å²) in [5.74, 6) is 0.502. The Morgan fingerprint density at radius 2 is 2.25 bits per heavy atom. The van der Waals surface area contributed by atoms with Crippen molar-refractivity contribution in [1.29, 1.82) is 0 Å². The molecule has 2 rings (SSSR count). The van der Waals surface area contributed by atoms with Crippen molar-refractivity contribution in [2.24, 2.45) is 5.92 Å². The predicted molar refractivity (Wildman–Crippen MR) is 75.9 cm³/mol. The number of carbonyl (C=O) groups excluding carboxylic acids is 1. The third-order valence-corrected chi connectivity index (χ3v) is 3.72. The van der Waals surface area contributed by atoms with Crippen molar-refractivity contribution in [3.63, 3.8) is 0 Å². The monoisotopic (exact) mass is 277 g/mol. The Morgan fingerprint density at radius 1 is 1.50 bits per heavy atom. The van der Waals surface area contributed by atoms with Crippen molar-refractivity contribution >= 4 is 17.3 Å². The van der Waals surface area contributed by atoms with Crippen molar-refractivity contribution in [3.8, 4) is 0 Å². The van der Waals surface area contributed by atoms with Gasteiger partial charge in [-0.15, -0.1) is 0 Å². The molecule has 1 aliphatic rings. The number of nitrogens with two attached hydrogens (primary N) is 1. The molecule has 1 saturated heterocycles. The van der Waals surface area contributed by atoms with Gasteiger partial charge in [0.1, 0.15) is 5.69 Å². The number of nitro groups is 1. The molecule has 1 heterocycles. The first-order chi connectivity index (χ1) is 9.52. The number of likely N-dealkylation sites (tertiary alicyclic amines) is 1. The van der Waals surface area contributed by atoms with Crippen LogP contribution in [0.15, 0.2) is 18.2 Å². The lowest BCUT2D eigenvalue weighted by Gasteiger charge is -2.17. The Labute approximate surface area is 117 Å². The zero-order chi connectivity index (χ0) is 14.7. The second-order valence-electron chi connectivity index (χ2n) is 5.24. The molecule has 0 spiro atoms. The van der Waals surface area contributed by atoms with Crippen molar-refractivity contribution in [1.82, 2.24) is 4.90 Å². The van der Waals surface area contributed by atoms with Gasteiger partial charge in [0.15, 0.2) is 0 Å². The van der Waals surface area contributed by atoms with Gasteiger partial charge in [-0.05, 0) is 12.3 Å². The number of hydrogen-bond acceptors (Lipinski definition) is 4. The smallest absolute Gasteiger partial charge is 0.292 e. The van der Waals surface area contributed by atoms with Crippen molar-refractivity contribution < 1.29 is 9.72 Å². The van der Waals surface area contributed by atoms with Crippen LogP contribution in [0, 0.1) is 16.0 Å². The first-order valence-electron chi connectivity index (χ1n) is 6.82. The van der Waals surface area contributed by atoms with E-state index in [4.69, 9.17) is 5.73 Å². The lowest BCUT2D eigenvalue weighted by Crippen LogP contribution is -2.25. The molecule has 0 saturated carbocycles. The van der Waals surface area contributed by atoms with E-state index in [1.54, 1.807) is 17.0 Å². The van der Waals surface area contributed by atoms with Gasteiger partial charge < -0.3 is 10.6 Å². The molecular formula is C14H19N3O3. The fourth-order valence-electron chi connectivity index (χ4n) is 2.71. The normalized spacial score (nSPS) is 18.6. The highest BCUT2D eigenvalue weighted by Gasteiger charge is 2.29. The largest absolute Gasteiger partial charge is 0.393 e. The summed E-state index contributed by atoms with van der Waals surface area (Å²) in [5.41, 5.74) is 6.52. The number of anilines is 1. The topological polar surface area (TPSA) is 89.5 Å². The number of para-hydroxylation sites is 1. The molecule has 1 aliphatic heterocycles. The first kappa shape index (κ1) is 14.3. The molecule has 2 N–H and O–H groups in total. The molecule has 0 aromatic heterocycles. The van der Waals surface area contributed by atoms with Gasteiger partial charge in [0.2, 0.25) is 5.91 Å². The first-order valence-corrected chi connectivity index (χ1v) is 6.82. The van der Waals surface area contributed by atoms with Crippen LogP contribution in [0.4, 0.5) is 11.4 Å². The zero-order valence-corrected chi connectivity index (χ0v) is 11.5. The van der Waals surface area contributed by atoms with Gasteiger partial charge in [0.25, 0.3) is 5.69 Å². The second kappa shape index (κ2) is 5.90. The molecule has 0 aliphatic carbocycles. The van der Waals surface area contributed by atoms with Gasteiger partial charge >= 0.3 is 0 Å². The summed E-state index contributed by atoms with van der Waals surface area (Å²) >= 11 is 0. The number of nitrogens with zero attached hydrogens (tertiary/aromatic N) is 2. The summed E-state index contributed by atoms with van der Waals surface area (Å²) in [6.07, 6.45) is 2.67. The zero-order valence-electron chi connectivity index (χ0n) is 11.5. The number of carbonyl (C=O) groups is 1. The standard InChI is InChI=1S/C14H19N3O3/c1-2-4-10-7-13(18)16(8-10)9-11-5-3-6-12(14(11)15)17(19)20/h3,5-6,10H,2,4,7-9,15H2,1H3. The molecule has 1 aromatic carbocycles. The number of rotatable bonds is 5. The molecule has 6 nitrogen and oxygen atoms in total. The second-order valence-corrected chi connectivity index (χ2v) is 5.24. The van der Waals surface area contributed by atoms with Crippen LogP contribution < -0.4 is 5.73 Å². The Morgan fingerprint density at radius 3 is 2.90 bits per heavy atom. The Kier molecular flexibility index (Phi) is 4.22. The average molecular weight is 277 g/mol. The van der Waals surface area contributed by atoms with Gasteiger partial charge in [-0.1, -0.05) is 25.5 Å². The van der Waals surface area contributed by atoms with E-state index in [0.29, 0.717) is 24.4 Å². The molecule has 1 fully saturated rings. The molecule has 0 bridgehead atoms. The van der Waals surface area contributed by atoms with E-state index in [2.05, 4.69) is 6.92 Å². The predicted octanol–water partition coefficient (Wildman–Crippen LogP) is 2.33. The van der Waals surface area contributed by atoms with E-state index in [9.17, 15) is 14.9 Å². The fraction of sp³-hybridized carbons (Fsp3) is 0.500. The van der Waals surface area contributed by atoms with Crippen LogP contribution >= 0.6 is 0 Å². The maximum atomic E-state index is 11.9. The van der Waals surface area contributed by atoms with Crippen molar-refractivity contribution in [3.05, 3.63) is 33.9 Å². The maximum Gasteiger partial charge on any atom is 0.292 e. The number of amides is 1. The summed E-state index contributed by atoms with van der Waals surface area (Å²) in [4.78, 5) is 24.1. The molecule has 1 amide bonds. The lowest BCUT2D eigenvalue weighted by molar-refractivity contribution is -0.384. The third-order valence-electron chi connectivity index (χ3n) is 3.72. The maximum absolute atomic E-state index is 11.9. The summed E-state index contributed by atoms with van der Waals surface area (Å²) in [6.45, 7) is 3.17. The van der Waals surface area contributed by atoms with E-state index in [1.165, 1.54) is 6.07 Å². The van der Waals surface area contributed by atoms with E-state index in [-0.39, 0.29) is 17.3 Å². The minimum Gasteiger partial charge on any atom is -0.393 e. The highest BCUT2D eigenvalue weighted by Crippen LogP contribution is 2.29. The van der Waals surface area contributed by atoms with E-state index < -0.39 is 4.92 Å². The van der Waals surface area contributed by atoms with Crippen LogP contribution in [0.5, 0.6) is 0 Å². The fourth-order valence-corrected chi connectivity index (χ4v) is 2.71. The highest BCUT2D eigenvalue weighted by atomic mass is 16.6. The van der Waals surface area contributed by atoms with Gasteiger partial charge in [0, 0.05) is 31.1 Å². The minimum absolute atomic E-state index is 0.0979. The van der Waals surface area contributed by atoms with Crippen LogP contribution in [0.1, 0.15) is 31.7 Å². The van der Waals surface area contributed by atoms with E-state index in [1.807, 2.05) is 0 Å². The molecule has 108 valence electrons. The van der Waals surface area contributed by atoms with Crippen LogP contribution in [0.25, 0.3) is 0 Å². The number of nitrogen functional groups attached to an aromatic ring is 1. The van der Waals surface area contributed by atoms with Gasteiger partial charge in [-0.2, -0.15) is 0 Å². The van der Waals surface area contributed by atoms with Crippen molar-refractivity contribution in [2.45, 2.75) is 32.7 Å². The van der Waals surface area contributed by atoms with Crippen LogP contribution in [-0.2, 0) is 11.3 Å². The number of benzene rings is 1. The average Bonchev–Trinajstić information content (AvgIpc) is 2.72. The SMILES string of the molecule is CCCC1CC(=O)N(Cc2cccc([N+](=O)[O-])c2N)C1. The Bertz CT molecular complexity index is 530. The Hall–Kier alpha value is -2.11. The summed E-state index contributed by atoms with van der Waals surface area (Å²) in [6, 6.07) is 4.72. The molecule has 0 radical (unpaired) electrons. The van der Waals surface area contributed by atoms with Gasteiger partial charge in [-0.3, -0.25) is 14.9 Å². The minimum atomic E-state index is -0.496. The molecular weight excluding hydrogens is 258 g/mol. The highest BCUT2D eigenvalue weighted by molar-refractivity contribution is 5.79.